The molecule has 0 spiro atoms. The van der Waals surface area contributed by atoms with E-state index in [2.05, 4.69) is 22.8 Å². The van der Waals surface area contributed by atoms with E-state index in [9.17, 15) is 0 Å². The number of anilines is 1. The van der Waals surface area contributed by atoms with Gasteiger partial charge in [0.1, 0.15) is 0 Å². The lowest BCUT2D eigenvalue weighted by Gasteiger charge is -2.42. The van der Waals surface area contributed by atoms with Crippen LogP contribution in [0.4, 0.5) is 5.69 Å². The van der Waals surface area contributed by atoms with E-state index in [-0.39, 0.29) is 0 Å². The number of nitrogens with two attached hydrogens (primary N) is 1. The molecule has 2 atom stereocenters. The molecule has 2 aliphatic heterocycles. The molecule has 2 fully saturated rings. The molecule has 2 N–H and O–H groups in total. The average Bonchev–Trinajstić information content (AvgIpc) is 2.80. The molecule has 0 radical (unpaired) electrons. The number of fused-ring (bicyclic) bond motifs is 1. The molecular weight excluding hydrogens is 258 g/mol. The summed E-state index contributed by atoms with van der Waals surface area (Å²) in [6.07, 6.45) is 2.70. The van der Waals surface area contributed by atoms with Gasteiger partial charge in [-0.15, -0.1) is 0 Å². The van der Waals surface area contributed by atoms with Crippen LogP contribution in [0.1, 0.15) is 25.3 Å². The summed E-state index contributed by atoms with van der Waals surface area (Å²) in [5, 5.41) is 0.718. The Morgan fingerprint density at radius 3 is 3.00 bits per heavy atom. The van der Waals surface area contributed by atoms with Crippen LogP contribution in [-0.4, -0.2) is 41.5 Å². The van der Waals surface area contributed by atoms with Crippen LogP contribution in [-0.2, 0) is 6.54 Å². The second-order valence-corrected chi connectivity index (χ2v) is 6.35. The normalized spacial score (nSPS) is 28.5. The molecule has 104 valence electrons. The minimum absolute atomic E-state index is 0.601. The summed E-state index contributed by atoms with van der Waals surface area (Å²) in [6, 6.07) is 7.21. The van der Waals surface area contributed by atoms with Crippen molar-refractivity contribution in [1.29, 1.82) is 0 Å². The molecule has 0 saturated carbocycles. The Morgan fingerprint density at radius 2 is 2.21 bits per heavy atom. The van der Waals surface area contributed by atoms with Gasteiger partial charge in [-0.1, -0.05) is 17.7 Å². The summed E-state index contributed by atoms with van der Waals surface area (Å²) in [6.45, 7) is 6.91. The zero-order chi connectivity index (χ0) is 13.4. The van der Waals surface area contributed by atoms with E-state index in [1.165, 1.54) is 38.0 Å². The van der Waals surface area contributed by atoms with Crippen LogP contribution in [0.2, 0.25) is 5.02 Å². The maximum absolute atomic E-state index is 6.07. The minimum atomic E-state index is 0.601. The number of rotatable bonds is 2. The standard InChI is InChI=1S/C15H22ClN3/c1-11-8-18-6-2-3-14(18)10-19(11)9-12-4-5-13(16)7-15(12)17/h4-5,7,11,14H,2-3,6,8-10,17H2,1H3. The molecule has 0 aromatic heterocycles. The van der Waals surface area contributed by atoms with Crippen LogP contribution in [0.3, 0.4) is 0 Å². The third-order valence-electron chi connectivity index (χ3n) is 4.55. The highest BCUT2D eigenvalue weighted by atomic mass is 35.5. The number of nitrogen functional groups attached to an aromatic ring is 1. The Labute approximate surface area is 120 Å². The zero-order valence-corrected chi connectivity index (χ0v) is 12.2. The quantitative estimate of drug-likeness (QED) is 0.845. The van der Waals surface area contributed by atoms with Crippen LogP contribution in [0.15, 0.2) is 18.2 Å². The Kier molecular flexibility index (Phi) is 3.70. The summed E-state index contributed by atoms with van der Waals surface area (Å²) in [4.78, 5) is 5.21. The smallest absolute Gasteiger partial charge is 0.0426 e. The molecule has 19 heavy (non-hydrogen) atoms. The van der Waals surface area contributed by atoms with Crippen molar-refractivity contribution in [2.45, 2.75) is 38.4 Å². The van der Waals surface area contributed by atoms with Crippen molar-refractivity contribution in [2.24, 2.45) is 0 Å². The molecule has 1 aromatic carbocycles. The van der Waals surface area contributed by atoms with Crippen molar-refractivity contribution < 1.29 is 0 Å². The largest absolute Gasteiger partial charge is 0.398 e. The summed E-state index contributed by atoms with van der Waals surface area (Å²) < 4.78 is 0. The number of hydrogen-bond acceptors (Lipinski definition) is 3. The molecule has 2 aliphatic rings. The molecule has 3 nitrogen and oxygen atoms in total. The van der Waals surface area contributed by atoms with Gasteiger partial charge in [0.25, 0.3) is 0 Å². The Bertz CT molecular complexity index is 463. The van der Waals surface area contributed by atoms with Crippen molar-refractivity contribution in [1.82, 2.24) is 9.80 Å². The first-order chi connectivity index (χ1) is 9.13. The highest BCUT2D eigenvalue weighted by Gasteiger charge is 2.34. The van der Waals surface area contributed by atoms with Crippen molar-refractivity contribution >= 4 is 17.3 Å². The highest BCUT2D eigenvalue weighted by molar-refractivity contribution is 6.30. The maximum Gasteiger partial charge on any atom is 0.0426 e. The molecular formula is C15H22ClN3. The fourth-order valence-corrected chi connectivity index (χ4v) is 3.58. The van der Waals surface area contributed by atoms with E-state index in [1.807, 2.05) is 12.1 Å². The monoisotopic (exact) mass is 279 g/mol. The van der Waals surface area contributed by atoms with Gasteiger partial charge in [0.2, 0.25) is 0 Å². The third-order valence-corrected chi connectivity index (χ3v) is 4.78. The molecule has 3 rings (SSSR count). The summed E-state index contributed by atoms with van der Waals surface area (Å²) >= 11 is 5.96. The van der Waals surface area contributed by atoms with Gasteiger partial charge in [-0.25, -0.2) is 0 Å². The third kappa shape index (κ3) is 2.73. The van der Waals surface area contributed by atoms with Gasteiger partial charge >= 0.3 is 0 Å². The fraction of sp³-hybridized carbons (Fsp3) is 0.600. The van der Waals surface area contributed by atoms with E-state index < -0.39 is 0 Å². The van der Waals surface area contributed by atoms with Gasteiger partial charge in [0.05, 0.1) is 0 Å². The second kappa shape index (κ2) is 5.31. The van der Waals surface area contributed by atoms with Crippen molar-refractivity contribution in [3.05, 3.63) is 28.8 Å². The topological polar surface area (TPSA) is 32.5 Å². The average molecular weight is 280 g/mol. The van der Waals surface area contributed by atoms with Gasteiger partial charge in [-0.2, -0.15) is 0 Å². The molecule has 0 bridgehead atoms. The molecule has 2 unspecified atom stereocenters. The van der Waals surface area contributed by atoms with Crippen LogP contribution in [0, 0.1) is 0 Å². The summed E-state index contributed by atoms with van der Waals surface area (Å²) in [5.74, 6) is 0. The number of piperazine rings is 1. The highest BCUT2D eigenvalue weighted by Crippen LogP contribution is 2.27. The molecule has 4 heteroatoms. The predicted molar refractivity (Wildman–Crippen MR) is 80.3 cm³/mol. The van der Waals surface area contributed by atoms with E-state index in [0.29, 0.717) is 6.04 Å². The number of halogens is 1. The van der Waals surface area contributed by atoms with E-state index in [0.717, 1.165) is 23.3 Å². The van der Waals surface area contributed by atoms with Gasteiger partial charge in [-0.05, 0) is 44.0 Å². The van der Waals surface area contributed by atoms with Crippen LogP contribution in [0.5, 0.6) is 0 Å². The zero-order valence-electron chi connectivity index (χ0n) is 11.5. The minimum Gasteiger partial charge on any atom is -0.398 e. The second-order valence-electron chi connectivity index (χ2n) is 5.91. The van der Waals surface area contributed by atoms with Crippen LogP contribution in [0.25, 0.3) is 0 Å². The SMILES string of the molecule is CC1CN2CCCC2CN1Cc1ccc(Cl)cc1N. The molecule has 1 aromatic rings. The van der Waals surface area contributed by atoms with Crippen molar-refractivity contribution in [3.8, 4) is 0 Å². The van der Waals surface area contributed by atoms with E-state index in [1.54, 1.807) is 0 Å². The number of hydrogen-bond donors (Lipinski definition) is 1. The number of nitrogens with zero attached hydrogens (tertiary/aromatic N) is 2. The summed E-state index contributed by atoms with van der Waals surface area (Å²) in [5.41, 5.74) is 8.08. The molecule has 0 amide bonds. The number of benzene rings is 1. The van der Waals surface area contributed by atoms with Gasteiger partial charge in [0.15, 0.2) is 0 Å². The molecule has 2 heterocycles. The van der Waals surface area contributed by atoms with E-state index >= 15 is 0 Å². The van der Waals surface area contributed by atoms with Gasteiger partial charge in [-0.3, -0.25) is 9.80 Å². The van der Waals surface area contributed by atoms with Crippen molar-refractivity contribution in [2.75, 3.05) is 25.4 Å². The lowest BCUT2D eigenvalue weighted by atomic mass is 10.1. The first kappa shape index (κ1) is 13.2. The Hall–Kier alpha value is -0.770. The lowest BCUT2D eigenvalue weighted by molar-refractivity contribution is 0.0542. The maximum atomic E-state index is 6.07. The first-order valence-electron chi connectivity index (χ1n) is 7.15. The van der Waals surface area contributed by atoms with Crippen LogP contribution >= 0.6 is 11.6 Å². The Balaban J connectivity index is 1.71. The van der Waals surface area contributed by atoms with Crippen LogP contribution < -0.4 is 5.73 Å². The molecule has 0 aliphatic carbocycles. The predicted octanol–water partition coefficient (Wildman–Crippen LogP) is 2.59. The lowest BCUT2D eigenvalue weighted by Crippen LogP contribution is -2.54. The fourth-order valence-electron chi connectivity index (χ4n) is 3.40. The van der Waals surface area contributed by atoms with Gasteiger partial charge < -0.3 is 5.73 Å². The molecule has 2 saturated heterocycles. The summed E-state index contributed by atoms with van der Waals surface area (Å²) in [7, 11) is 0. The first-order valence-corrected chi connectivity index (χ1v) is 7.53. The van der Waals surface area contributed by atoms with E-state index in [4.69, 9.17) is 17.3 Å². The van der Waals surface area contributed by atoms with Crippen molar-refractivity contribution in [3.63, 3.8) is 0 Å². The van der Waals surface area contributed by atoms with Gasteiger partial charge in [0, 0.05) is 42.4 Å². The Morgan fingerprint density at radius 1 is 1.37 bits per heavy atom.